The number of carbonyl (C=O) groups excluding carboxylic acids is 2. The molecule has 0 aromatic carbocycles. The Balaban J connectivity index is 0. The number of carbonyl (C=O) groups is 2. The van der Waals surface area contributed by atoms with Crippen LogP contribution in [0.3, 0.4) is 0 Å². The summed E-state index contributed by atoms with van der Waals surface area (Å²) in [6.45, 7) is 3.75. The molecule has 0 unspecified atom stereocenters. The van der Waals surface area contributed by atoms with Gasteiger partial charge in [0.25, 0.3) is 0 Å². The summed E-state index contributed by atoms with van der Waals surface area (Å²) in [6.07, 6.45) is 1.21. The summed E-state index contributed by atoms with van der Waals surface area (Å²) in [5.41, 5.74) is 0. The SMILES string of the molecule is CC(=O)OO.CCC(=O)N(C)CCCO. The van der Waals surface area contributed by atoms with Crippen LogP contribution in [0.25, 0.3) is 0 Å². The summed E-state index contributed by atoms with van der Waals surface area (Å²) in [6, 6.07) is 0. The first-order valence-electron chi connectivity index (χ1n) is 4.66. The molecule has 6 heteroatoms. The van der Waals surface area contributed by atoms with Crippen LogP contribution in [-0.2, 0) is 14.5 Å². The molecule has 1 amide bonds. The molecule has 15 heavy (non-hydrogen) atoms. The standard InChI is InChI=1S/C7H15NO2.C2H4O3/c1-3-7(10)8(2)5-4-6-9;1-2(3)5-4/h9H,3-6H2,1-2H3;4H,1H3. The lowest BCUT2D eigenvalue weighted by Gasteiger charge is -2.14. The summed E-state index contributed by atoms with van der Waals surface area (Å²) >= 11 is 0. The molecule has 0 aliphatic heterocycles. The fourth-order valence-electron chi connectivity index (χ4n) is 0.702. The van der Waals surface area contributed by atoms with Crippen molar-refractivity contribution in [2.24, 2.45) is 0 Å². The summed E-state index contributed by atoms with van der Waals surface area (Å²) in [4.78, 5) is 24.9. The number of amides is 1. The third-order valence-corrected chi connectivity index (χ3v) is 1.51. The maximum absolute atomic E-state index is 10.9. The molecule has 0 bridgehead atoms. The highest BCUT2D eigenvalue weighted by atomic mass is 17.1. The molecule has 0 saturated heterocycles. The maximum Gasteiger partial charge on any atom is 0.339 e. The number of hydrogen-bond donors (Lipinski definition) is 2. The van der Waals surface area contributed by atoms with E-state index in [0.29, 0.717) is 19.4 Å². The number of aliphatic hydroxyl groups is 1. The van der Waals surface area contributed by atoms with E-state index in [2.05, 4.69) is 4.89 Å². The van der Waals surface area contributed by atoms with Crippen molar-refractivity contribution in [2.75, 3.05) is 20.2 Å². The Hall–Kier alpha value is -1.14. The highest BCUT2D eigenvalue weighted by molar-refractivity contribution is 5.75. The molecule has 0 aromatic rings. The van der Waals surface area contributed by atoms with E-state index in [9.17, 15) is 9.59 Å². The summed E-state index contributed by atoms with van der Waals surface area (Å²) in [5.74, 6) is -0.557. The third kappa shape index (κ3) is 12.9. The largest absolute Gasteiger partial charge is 0.396 e. The maximum atomic E-state index is 10.9. The second kappa shape index (κ2) is 10.9. The zero-order chi connectivity index (χ0) is 12.3. The van der Waals surface area contributed by atoms with Crippen molar-refractivity contribution in [2.45, 2.75) is 26.7 Å². The van der Waals surface area contributed by atoms with Gasteiger partial charge in [0, 0.05) is 33.5 Å². The molecule has 0 rings (SSSR count). The van der Waals surface area contributed by atoms with Crippen LogP contribution in [0.5, 0.6) is 0 Å². The molecule has 0 aromatic heterocycles. The molecule has 0 aliphatic rings. The number of rotatable bonds is 4. The number of hydrogen-bond acceptors (Lipinski definition) is 5. The second-order valence-electron chi connectivity index (χ2n) is 2.83. The van der Waals surface area contributed by atoms with E-state index in [0.717, 1.165) is 6.92 Å². The average molecular weight is 221 g/mol. The topological polar surface area (TPSA) is 87.1 Å². The first-order chi connectivity index (χ1) is 6.99. The molecule has 0 spiro atoms. The van der Waals surface area contributed by atoms with E-state index in [-0.39, 0.29) is 12.5 Å². The Morgan fingerprint density at radius 1 is 1.40 bits per heavy atom. The van der Waals surface area contributed by atoms with Crippen molar-refractivity contribution in [3.63, 3.8) is 0 Å². The van der Waals surface area contributed by atoms with Crippen LogP contribution in [0.1, 0.15) is 26.7 Å². The van der Waals surface area contributed by atoms with Gasteiger partial charge in [-0.1, -0.05) is 6.92 Å². The summed E-state index contributed by atoms with van der Waals surface area (Å²) in [7, 11) is 1.75. The van der Waals surface area contributed by atoms with E-state index in [1.165, 1.54) is 0 Å². The second-order valence-corrected chi connectivity index (χ2v) is 2.83. The van der Waals surface area contributed by atoms with Crippen LogP contribution in [0.2, 0.25) is 0 Å². The number of aliphatic hydroxyl groups excluding tert-OH is 1. The van der Waals surface area contributed by atoms with Crippen LogP contribution in [0.15, 0.2) is 0 Å². The van der Waals surface area contributed by atoms with Crippen molar-refractivity contribution in [3.05, 3.63) is 0 Å². The molecule has 0 atom stereocenters. The molecular weight excluding hydrogens is 202 g/mol. The lowest BCUT2D eigenvalue weighted by atomic mass is 10.3. The molecule has 90 valence electrons. The predicted molar refractivity (Wildman–Crippen MR) is 54.0 cm³/mol. The molecular formula is C9H19NO5. The van der Waals surface area contributed by atoms with Crippen molar-refractivity contribution >= 4 is 11.9 Å². The first kappa shape index (κ1) is 16.3. The van der Waals surface area contributed by atoms with E-state index < -0.39 is 5.97 Å². The van der Waals surface area contributed by atoms with Gasteiger partial charge in [0.2, 0.25) is 5.91 Å². The smallest absolute Gasteiger partial charge is 0.339 e. The van der Waals surface area contributed by atoms with Gasteiger partial charge in [-0.25, -0.2) is 4.79 Å². The molecule has 0 radical (unpaired) electrons. The van der Waals surface area contributed by atoms with E-state index in [4.69, 9.17) is 10.4 Å². The van der Waals surface area contributed by atoms with Gasteiger partial charge in [0.05, 0.1) is 0 Å². The van der Waals surface area contributed by atoms with Crippen molar-refractivity contribution in [3.8, 4) is 0 Å². The Bertz CT molecular complexity index is 183. The van der Waals surface area contributed by atoms with Gasteiger partial charge >= 0.3 is 5.97 Å². The van der Waals surface area contributed by atoms with Crippen LogP contribution in [-0.4, -0.2) is 47.3 Å². The monoisotopic (exact) mass is 221 g/mol. The minimum atomic E-state index is -0.690. The molecule has 0 saturated carbocycles. The molecule has 2 N–H and O–H groups in total. The average Bonchev–Trinajstić information content (AvgIpc) is 2.25. The van der Waals surface area contributed by atoms with Crippen molar-refractivity contribution in [1.82, 2.24) is 4.90 Å². The fraction of sp³-hybridized carbons (Fsp3) is 0.778. The third-order valence-electron chi connectivity index (χ3n) is 1.51. The highest BCUT2D eigenvalue weighted by Crippen LogP contribution is 1.90. The minimum Gasteiger partial charge on any atom is -0.396 e. The van der Waals surface area contributed by atoms with Crippen molar-refractivity contribution < 1.29 is 24.8 Å². The van der Waals surface area contributed by atoms with Gasteiger partial charge in [-0.15, -0.1) is 0 Å². The normalized spacial score (nSPS) is 8.60. The van der Waals surface area contributed by atoms with Crippen LogP contribution < -0.4 is 0 Å². The minimum absolute atomic E-state index is 0.133. The molecule has 0 aliphatic carbocycles. The van der Waals surface area contributed by atoms with Crippen molar-refractivity contribution in [1.29, 1.82) is 0 Å². The van der Waals surface area contributed by atoms with E-state index in [1.807, 2.05) is 6.92 Å². The zero-order valence-electron chi connectivity index (χ0n) is 9.39. The summed E-state index contributed by atoms with van der Waals surface area (Å²) in [5, 5.41) is 15.7. The molecule has 6 nitrogen and oxygen atoms in total. The van der Waals surface area contributed by atoms with Gasteiger partial charge in [-0.2, -0.15) is 5.26 Å². The van der Waals surface area contributed by atoms with Gasteiger partial charge in [-0.05, 0) is 6.42 Å². The van der Waals surface area contributed by atoms with Gasteiger partial charge in [-0.3, -0.25) is 4.79 Å². The van der Waals surface area contributed by atoms with Gasteiger partial charge < -0.3 is 14.9 Å². The van der Waals surface area contributed by atoms with E-state index >= 15 is 0 Å². The van der Waals surface area contributed by atoms with Gasteiger partial charge in [0.15, 0.2) is 0 Å². The van der Waals surface area contributed by atoms with Gasteiger partial charge in [0.1, 0.15) is 0 Å². The zero-order valence-corrected chi connectivity index (χ0v) is 9.39. The Morgan fingerprint density at radius 2 is 1.87 bits per heavy atom. The van der Waals surface area contributed by atoms with Crippen LogP contribution in [0, 0.1) is 0 Å². The Morgan fingerprint density at radius 3 is 2.13 bits per heavy atom. The lowest BCUT2D eigenvalue weighted by molar-refractivity contribution is -0.231. The van der Waals surface area contributed by atoms with Crippen LogP contribution in [0.4, 0.5) is 0 Å². The molecule has 0 heterocycles. The quantitative estimate of drug-likeness (QED) is 0.525. The Kier molecular flexibility index (Phi) is 11.9. The summed E-state index contributed by atoms with van der Waals surface area (Å²) < 4.78 is 0. The van der Waals surface area contributed by atoms with E-state index in [1.54, 1.807) is 11.9 Å². The number of nitrogens with zero attached hydrogens (tertiary/aromatic N) is 1. The first-order valence-corrected chi connectivity index (χ1v) is 4.66. The highest BCUT2D eigenvalue weighted by Gasteiger charge is 2.03. The Labute approximate surface area is 89.4 Å². The fourth-order valence-corrected chi connectivity index (χ4v) is 0.702. The lowest BCUT2D eigenvalue weighted by Crippen LogP contribution is -2.27. The van der Waals surface area contributed by atoms with Crippen LogP contribution >= 0.6 is 0 Å². The predicted octanol–water partition coefficient (Wildman–Crippen LogP) is 0.260. The molecule has 0 fully saturated rings.